The highest BCUT2D eigenvalue weighted by atomic mass is 79.9. The zero-order valence-electron chi connectivity index (χ0n) is 9.42. The largest absolute Gasteiger partial charge is 0.354 e. The van der Waals surface area contributed by atoms with Crippen LogP contribution in [0.25, 0.3) is 0 Å². The van der Waals surface area contributed by atoms with Crippen molar-refractivity contribution in [2.24, 2.45) is 0 Å². The van der Waals surface area contributed by atoms with Gasteiger partial charge in [0.15, 0.2) is 5.78 Å². The minimum absolute atomic E-state index is 0. The second-order valence-corrected chi connectivity index (χ2v) is 4.50. The van der Waals surface area contributed by atoms with E-state index in [0.29, 0.717) is 6.54 Å². The second-order valence-electron chi connectivity index (χ2n) is 3.56. The number of halogens is 1. The van der Waals surface area contributed by atoms with Gasteiger partial charge < -0.3 is 11.1 Å². The number of ketones is 1. The molecule has 1 aliphatic heterocycles. The van der Waals surface area contributed by atoms with E-state index in [1.54, 1.807) is 0 Å². The van der Waals surface area contributed by atoms with Gasteiger partial charge in [0.25, 0.3) is 0 Å². The summed E-state index contributed by atoms with van der Waals surface area (Å²) in [6, 6.07) is 9.35. The number of benzene rings is 1. The van der Waals surface area contributed by atoms with Crippen molar-refractivity contribution in [3.8, 4) is 0 Å². The van der Waals surface area contributed by atoms with Crippen molar-refractivity contribution in [2.45, 2.75) is 4.95 Å². The van der Waals surface area contributed by atoms with E-state index in [1.807, 2.05) is 59.7 Å². The van der Waals surface area contributed by atoms with Crippen LogP contribution in [0, 0.1) is 0 Å². The summed E-state index contributed by atoms with van der Waals surface area (Å²) in [5.74, 6) is 0.130. The minimum atomic E-state index is 0. The van der Waals surface area contributed by atoms with Gasteiger partial charge in [0.1, 0.15) is 4.95 Å². The van der Waals surface area contributed by atoms with Gasteiger partial charge in [-0.2, -0.15) is 0 Å². The molecule has 90 valence electrons. The molecule has 4 heteroatoms. The molecular weight excluding hydrogens is 280 g/mol. The van der Waals surface area contributed by atoms with E-state index in [1.165, 1.54) is 0 Å². The zero-order valence-corrected chi connectivity index (χ0v) is 11.0. The number of hydrogen-bond acceptors (Lipinski definition) is 3. The van der Waals surface area contributed by atoms with Crippen LogP contribution in [0.15, 0.2) is 54.8 Å². The second kappa shape index (κ2) is 6.37. The van der Waals surface area contributed by atoms with Gasteiger partial charge in [0.05, 0.1) is 6.54 Å². The third-order valence-electron chi connectivity index (χ3n) is 2.40. The Morgan fingerprint density at radius 1 is 1.24 bits per heavy atom. The lowest BCUT2D eigenvalue weighted by Gasteiger charge is -2.25. The van der Waals surface area contributed by atoms with Gasteiger partial charge in [-0.05, 0) is 6.08 Å². The topological polar surface area (TPSA) is 55.3 Å². The van der Waals surface area contributed by atoms with Crippen LogP contribution in [0.1, 0.15) is 10.4 Å². The number of rotatable bonds is 3. The molecule has 1 atom stereocenters. The number of nitrogens with zero attached hydrogens (tertiary/aromatic N) is 1. The van der Waals surface area contributed by atoms with Crippen molar-refractivity contribution in [1.29, 1.82) is 0 Å². The summed E-state index contributed by atoms with van der Waals surface area (Å²) in [7, 11) is 0. The molecule has 1 aromatic carbocycles. The maximum Gasteiger partial charge on any atom is 0.182 e. The Hall–Kier alpha value is -1.39. The van der Waals surface area contributed by atoms with Gasteiger partial charge >= 0.3 is 0 Å². The van der Waals surface area contributed by atoms with Crippen LogP contribution in [-0.2, 0) is 0 Å². The molecule has 1 heterocycles. The number of carbonyl (C=O) groups is 1. The highest BCUT2D eigenvalue weighted by Gasteiger charge is 2.15. The third-order valence-corrected chi connectivity index (χ3v) is 3.23. The molecule has 3 N–H and O–H groups in total. The Labute approximate surface area is 110 Å². The first kappa shape index (κ1) is 13.7. The van der Waals surface area contributed by atoms with Crippen LogP contribution in [0.4, 0.5) is 0 Å². The van der Waals surface area contributed by atoms with Crippen LogP contribution in [-0.4, -0.2) is 22.2 Å². The van der Waals surface area contributed by atoms with Gasteiger partial charge in [-0.1, -0.05) is 58.4 Å². The van der Waals surface area contributed by atoms with E-state index >= 15 is 0 Å². The molecule has 0 aliphatic carbocycles. The Morgan fingerprint density at radius 2 is 1.94 bits per heavy atom. The normalized spacial score (nSPS) is 17.7. The number of allylic oxidation sites excluding steroid dienone is 2. The molecule has 0 saturated heterocycles. The van der Waals surface area contributed by atoms with Gasteiger partial charge in [-0.3, -0.25) is 4.79 Å². The summed E-state index contributed by atoms with van der Waals surface area (Å²) < 4.78 is 0. The number of Topliss-reactive ketones (excluding diaryl/α,β-unsaturated/α-hetero) is 1. The van der Waals surface area contributed by atoms with Crippen LogP contribution in [0.5, 0.6) is 0 Å². The number of carbonyl (C=O) groups excluding carboxylic acids is 1. The molecule has 1 aromatic rings. The first-order chi connectivity index (χ1) is 7.77. The third kappa shape index (κ3) is 3.54. The van der Waals surface area contributed by atoms with Gasteiger partial charge in [0.2, 0.25) is 0 Å². The summed E-state index contributed by atoms with van der Waals surface area (Å²) >= 11 is 3.49. The molecular formula is C13H15BrN2O. The zero-order chi connectivity index (χ0) is 11.4. The molecule has 17 heavy (non-hydrogen) atoms. The maximum absolute atomic E-state index is 11.9. The summed E-state index contributed by atoms with van der Waals surface area (Å²) in [6.45, 7) is 0.390. The molecule has 0 aromatic heterocycles. The predicted molar refractivity (Wildman–Crippen MR) is 73.5 cm³/mol. The van der Waals surface area contributed by atoms with Crippen LogP contribution in [0.3, 0.4) is 0 Å². The molecule has 3 nitrogen and oxygen atoms in total. The van der Waals surface area contributed by atoms with Crippen LogP contribution < -0.4 is 6.15 Å². The lowest BCUT2D eigenvalue weighted by atomic mass is 10.1. The van der Waals surface area contributed by atoms with Crippen molar-refractivity contribution in [1.82, 2.24) is 11.1 Å². The summed E-state index contributed by atoms with van der Waals surface area (Å²) in [5, 5.41) is 0. The van der Waals surface area contributed by atoms with Crippen molar-refractivity contribution in [2.75, 3.05) is 6.54 Å². The van der Waals surface area contributed by atoms with E-state index in [0.717, 1.165) is 5.56 Å². The van der Waals surface area contributed by atoms with E-state index in [-0.39, 0.29) is 16.9 Å². The average Bonchev–Trinajstić information content (AvgIpc) is 2.33. The van der Waals surface area contributed by atoms with Crippen molar-refractivity contribution in [3.05, 3.63) is 60.3 Å². The molecule has 1 aliphatic rings. The monoisotopic (exact) mass is 294 g/mol. The smallest absolute Gasteiger partial charge is 0.182 e. The standard InChI is InChI=1S/C13H12BrNO.H3N/c14-13-8-4-5-9-15(13)10-12(16)11-6-2-1-3-7-11;/h1-9,13H,10H2;1H3. The van der Waals surface area contributed by atoms with E-state index in [2.05, 4.69) is 15.9 Å². The molecule has 0 amide bonds. The van der Waals surface area contributed by atoms with Crippen LogP contribution >= 0.6 is 15.9 Å². The highest BCUT2D eigenvalue weighted by molar-refractivity contribution is 9.09. The molecule has 1 unspecified atom stereocenters. The Bertz CT molecular complexity index is 428. The minimum Gasteiger partial charge on any atom is -0.354 e. The van der Waals surface area contributed by atoms with Crippen molar-refractivity contribution >= 4 is 21.7 Å². The lowest BCUT2D eigenvalue weighted by Crippen LogP contribution is -2.31. The van der Waals surface area contributed by atoms with E-state index < -0.39 is 0 Å². The average molecular weight is 295 g/mol. The molecule has 0 saturated carbocycles. The first-order valence-electron chi connectivity index (χ1n) is 5.10. The Kier molecular flexibility index (Phi) is 5.12. The van der Waals surface area contributed by atoms with E-state index in [9.17, 15) is 4.79 Å². The first-order valence-corrected chi connectivity index (χ1v) is 6.02. The summed E-state index contributed by atoms with van der Waals surface area (Å²) in [4.78, 5) is 14.0. The Balaban J connectivity index is 0.00000144. The van der Waals surface area contributed by atoms with Crippen molar-refractivity contribution < 1.29 is 4.79 Å². The van der Waals surface area contributed by atoms with E-state index in [4.69, 9.17) is 0 Å². The SMILES string of the molecule is N.O=C(CN1C=CC=CC1Br)c1ccccc1. The summed E-state index contributed by atoms with van der Waals surface area (Å²) in [5.41, 5.74) is 0.755. The molecule has 0 bridgehead atoms. The molecule has 0 fully saturated rings. The molecule has 0 radical (unpaired) electrons. The van der Waals surface area contributed by atoms with Crippen molar-refractivity contribution in [3.63, 3.8) is 0 Å². The fraction of sp³-hybridized carbons (Fsp3) is 0.154. The van der Waals surface area contributed by atoms with Crippen LogP contribution in [0.2, 0.25) is 0 Å². The summed E-state index contributed by atoms with van der Waals surface area (Å²) in [6.07, 6.45) is 7.80. The lowest BCUT2D eigenvalue weighted by molar-refractivity contribution is 0.0956. The molecule has 0 spiro atoms. The number of hydrogen-bond donors (Lipinski definition) is 1. The van der Waals surface area contributed by atoms with Gasteiger partial charge in [0, 0.05) is 11.8 Å². The maximum atomic E-state index is 11.9. The predicted octanol–water partition coefficient (Wildman–Crippen LogP) is 3.14. The van der Waals surface area contributed by atoms with Gasteiger partial charge in [-0.15, -0.1) is 0 Å². The Morgan fingerprint density at radius 3 is 2.59 bits per heavy atom. The van der Waals surface area contributed by atoms with Gasteiger partial charge in [-0.25, -0.2) is 0 Å². The fourth-order valence-corrected chi connectivity index (χ4v) is 1.99. The molecule has 2 rings (SSSR count). The fourth-order valence-electron chi connectivity index (χ4n) is 1.53. The number of alkyl halides is 1. The quantitative estimate of drug-likeness (QED) is 0.529. The highest BCUT2D eigenvalue weighted by Crippen LogP contribution is 2.15.